The van der Waals surface area contributed by atoms with Crippen LogP contribution in [0.25, 0.3) is 10.9 Å². The fourth-order valence-electron chi connectivity index (χ4n) is 3.24. The lowest BCUT2D eigenvalue weighted by atomic mass is 10.2. The van der Waals surface area contributed by atoms with Gasteiger partial charge in [0.15, 0.2) is 5.82 Å². The van der Waals surface area contributed by atoms with Crippen molar-refractivity contribution in [2.75, 3.05) is 19.6 Å². The Morgan fingerprint density at radius 3 is 2.71 bits per heavy atom. The van der Waals surface area contributed by atoms with Gasteiger partial charge in [-0.3, -0.25) is 14.4 Å². The van der Waals surface area contributed by atoms with E-state index in [0.29, 0.717) is 29.6 Å². The molecular weight excluding hydrogens is 363 g/mol. The number of H-pyrrole nitrogens is 1. The SMILES string of the molecule is O=C1CN(C(=O)c2nc3ccccc3c(=O)[nH]2)CCN1Cc1cccc(F)c1. The van der Waals surface area contributed by atoms with Crippen LogP contribution in [0.1, 0.15) is 16.2 Å². The molecule has 142 valence electrons. The van der Waals surface area contributed by atoms with Crippen LogP contribution in [0, 0.1) is 5.82 Å². The number of aromatic nitrogens is 2. The van der Waals surface area contributed by atoms with Crippen LogP contribution in [0.3, 0.4) is 0 Å². The van der Waals surface area contributed by atoms with Gasteiger partial charge in [0.25, 0.3) is 11.5 Å². The Kier molecular flexibility index (Phi) is 4.60. The van der Waals surface area contributed by atoms with E-state index >= 15 is 0 Å². The van der Waals surface area contributed by atoms with Crippen molar-refractivity contribution in [2.24, 2.45) is 0 Å². The Labute approximate surface area is 159 Å². The van der Waals surface area contributed by atoms with E-state index in [0.717, 1.165) is 0 Å². The first kappa shape index (κ1) is 17.8. The maximum atomic E-state index is 13.3. The van der Waals surface area contributed by atoms with Crippen molar-refractivity contribution in [2.45, 2.75) is 6.54 Å². The number of nitrogens with one attached hydrogen (secondary N) is 1. The molecule has 0 atom stereocenters. The van der Waals surface area contributed by atoms with Crippen molar-refractivity contribution in [3.8, 4) is 0 Å². The zero-order chi connectivity index (χ0) is 19.7. The molecule has 1 aliphatic heterocycles. The summed E-state index contributed by atoms with van der Waals surface area (Å²) in [4.78, 5) is 47.0. The van der Waals surface area contributed by atoms with Gasteiger partial charge in [-0.1, -0.05) is 24.3 Å². The van der Waals surface area contributed by atoms with Gasteiger partial charge in [-0.05, 0) is 29.8 Å². The zero-order valence-electron chi connectivity index (χ0n) is 14.9. The molecule has 1 aliphatic rings. The first-order valence-corrected chi connectivity index (χ1v) is 8.82. The predicted molar refractivity (Wildman–Crippen MR) is 100 cm³/mol. The monoisotopic (exact) mass is 380 g/mol. The maximum Gasteiger partial charge on any atom is 0.290 e. The third kappa shape index (κ3) is 3.48. The summed E-state index contributed by atoms with van der Waals surface area (Å²) in [7, 11) is 0. The van der Waals surface area contributed by atoms with Gasteiger partial charge in [0.2, 0.25) is 5.91 Å². The Bertz CT molecular complexity index is 1130. The molecule has 0 aliphatic carbocycles. The molecule has 0 unspecified atom stereocenters. The number of aromatic amines is 1. The predicted octanol–water partition coefficient (Wildman–Crippen LogP) is 1.55. The Hall–Kier alpha value is -3.55. The van der Waals surface area contributed by atoms with Crippen LogP contribution in [-0.2, 0) is 11.3 Å². The summed E-state index contributed by atoms with van der Waals surface area (Å²) in [6, 6.07) is 12.8. The van der Waals surface area contributed by atoms with E-state index in [1.165, 1.54) is 17.0 Å². The van der Waals surface area contributed by atoms with Gasteiger partial charge in [-0.15, -0.1) is 0 Å². The van der Waals surface area contributed by atoms with Crippen LogP contribution < -0.4 is 5.56 Å². The number of para-hydroxylation sites is 1. The average molecular weight is 380 g/mol. The number of nitrogens with zero attached hydrogens (tertiary/aromatic N) is 3. The number of benzene rings is 2. The summed E-state index contributed by atoms with van der Waals surface area (Å²) in [5, 5.41) is 0.398. The summed E-state index contributed by atoms with van der Waals surface area (Å²) >= 11 is 0. The quantitative estimate of drug-likeness (QED) is 0.747. The van der Waals surface area contributed by atoms with Crippen molar-refractivity contribution in [3.05, 3.63) is 76.1 Å². The largest absolute Gasteiger partial charge is 0.335 e. The Balaban J connectivity index is 1.49. The van der Waals surface area contributed by atoms with Crippen LogP contribution in [0.15, 0.2) is 53.3 Å². The van der Waals surface area contributed by atoms with Gasteiger partial charge in [-0.2, -0.15) is 0 Å². The van der Waals surface area contributed by atoms with Crippen LogP contribution in [-0.4, -0.2) is 51.2 Å². The normalized spacial score (nSPS) is 14.5. The minimum Gasteiger partial charge on any atom is -0.335 e. The molecule has 1 aromatic heterocycles. The van der Waals surface area contributed by atoms with Crippen molar-refractivity contribution < 1.29 is 14.0 Å². The molecule has 1 saturated heterocycles. The van der Waals surface area contributed by atoms with Crippen molar-refractivity contribution in [1.29, 1.82) is 0 Å². The summed E-state index contributed by atoms with van der Waals surface area (Å²) in [5.74, 6) is -1.19. The second-order valence-corrected chi connectivity index (χ2v) is 6.60. The number of hydrogen-bond donors (Lipinski definition) is 1. The molecule has 0 radical (unpaired) electrons. The summed E-state index contributed by atoms with van der Waals surface area (Å²) < 4.78 is 13.3. The molecular formula is C20H17FN4O3. The minimum atomic E-state index is -0.499. The molecule has 4 rings (SSSR count). The minimum absolute atomic E-state index is 0.0879. The molecule has 7 nitrogen and oxygen atoms in total. The number of rotatable bonds is 3. The van der Waals surface area contributed by atoms with E-state index in [9.17, 15) is 18.8 Å². The highest BCUT2D eigenvalue weighted by Gasteiger charge is 2.29. The third-order valence-corrected chi connectivity index (χ3v) is 4.68. The highest BCUT2D eigenvalue weighted by Crippen LogP contribution is 2.13. The van der Waals surface area contributed by atoms with Gasteiger partial charge in [0, 0.05) is 19.6 Å². The zero-order valence-corrected chi connectivity index (χ0v) is 14.9. The molecule has 2 aromatic carbocycles. The van der Waals surface area contributed by atoms with E-state index in [1.54, 1.807) is 41.3 Å². The van der Waals surface area contributed by atoms with E-state index in [1.807, 2.05) is 0 Å². The molecule has 8 heteroatoms. The number of halogens is 1. The highest BCUT2D eigenvalue weighted by atomic mass is 19.1. The number of piperazine rings is 1. The molecule has 2 heterocycles. The standard InChI is InChI=1S/C20H17FN4O3/c21-14-5-3-4-13(10-14)11-24-8-9-25(12-17(24)26)20(28)18-22-16-7-2-1-6-15(16)19(27)23-18/h1-7,10H,8-9,11-12H2,(H,22,23,27). The Morgan fingerprint density at radius 1 is 1.11 bits per heavy atom. The molecule has 1 fully saturated rings. The fraction of sp³-hybridized carbons (Fsp3) is 0.200. The maximum absolute atomic E-state index is 13.3. The van der Waals surface area contributed by atoms with Gasteiger partial charge < -0.3 is 14.8 Å². The topological polar surface area (TPSA) is 86.4 Å². The lowest BCUT2D eigenvalue weighted by molar-refractivity contribution is -0.135. The third-order valence-electron chi connectivity index (χ3n) is 4.68. The summed E-state index contributed by atoms with van der Waals surface area (Å²) in [6.07, 6.45) is 0. The molecule has 1 N–H and O–H groups in total. The van der Waals surface area contributed by atoms with Gasteiger partial charge in [0.05, 0.1) is 10.9 Å². The molecule has 0 spiro atoms. The van der Waals surface area contributed by atoms with E-state index in [2.05, 4.69) is 9.97 Å². The number of fused-ring (bicyclic) bond motifs is 1. The lowest BCUT2D eigenvalue weighted by Gasteiger charge is -2.34. The van der Waals surface area contributed by atoms with Crippen LogP contribution >= 0.6 is 0 Å². The highest BCUT2D eigenvalue weighted by molar-refractivity contribution is 5.95. The van der Waals surface area contributed by atoms with Crippen LogP contribution in [0.5, 0.6) is 0 Å². The van der Waals surface area contributed by atoms with Crippen LogP contribution in [0.4, 0.5) is 4.39 Å². The molecule has 2 amide bonds. The molecule has 3 aromatic rings. The first-order valence-electron chi connectivity index (χ1n) is 8.82. The van der Waals surface area contributed by atoms with Gasteiger partial charge >= 0.3 is 0 Å². The second-order valence-electron chi connectivity index (χ2n) is 6.60. The number of amides is 2. The smallest absolute Gasteiger partial charge is 0.290 e. The van der Waals surface area contributed by atoms with E-state index in [4.69, 9.17) is 0 Å². The van der Waals surface area contributed by atoms with Crippen LogP contribution in [0.2, 0.25) is 0 Å². The second kappa shape index (κ2) is 7.22. The number of hydrogen-bond acceptors (Lipinski definition) is 4. The number of carbonyl (C=O) groups excluding carboxylic acids is 2. The van der Waals surface area contributed by atoms with Gasteiger partial charge in [-0.25, -0.2) is 9.37 Å². The summed E-state index contributed by atoms with van der Waals surface area (Å²) in [6.45, 7) is 0.781. The van der Waals surface area contributed by atoms with E-state index in [-0.39, 0.29) is 30.6 Å². The van der Waals surface area contributed by atoms with Gasteiger partial charge in [0.1, 0.15) is 12.4 Å². The average Bonchev–Trinajstić information content (AvgIpc) is 2.69. The van der Waals surface area contributed by atoms with Crippen molar-refractivity contribution in [1.82, 2.24) is 19.8 Å². The summed E-state index contributed by atoms with van der Waals surface area (Å²) in [5.41, 5.74) is 0.712. The lowest BCUT2D eigenvalue weighted by Crippen LogP contribution is -2.52. The van der Waals surface area contributed by atoms with Crippen molar-refractivity contribution in [3.63, 3.8) is 0 Å². The number of carbonyl (C=O) groups is 2. The van der Waals surface area contributed by atoms with E-state index < -0.39 is 11.5 Å². The Morgan fingerprint density at radius 2 is 1.93 bits per heavy atom. The fourth-order valence-corrected chi connectivity index (χ4v) is 3.24. The van der Waals surface area contributed by atoms with Crippen molar-refractivity contribution >= 4 is 22.7 Å². The molecule has 0 bridgehead atoms. The molecule has 28 heavy (non-hydrogen) atoms. The molecule has 0 saturated carbocycles. The first-order chi connectivity index (χ1) is 13.5.